The molecule has 0 saturated heterocycles. The van der Waals surface area contributed by atoms with E-state index in [1.54, 1.807) is 0 Å². The Labute approximate surface area is 338 Å². The fourth-order valence-corrected chi connectivity index (χ4v) is 9.97. The van der Waals surface area contributed by atoms with Gasteiger partial charge in [-0.25, -0.2) is 9.98 Å². The molecule has 2 aromatic heterocycles. The van der Waals surface area contributed by atoms with Gasteiger partial charge in [0.2, 0.25) is 0 Å². The van der Waals surface area contributed by atoms with Crippen LogP contribution in [0.3, 0.4) is 0 Å². The average Bonchev–Trinajstić information content (AvgIpc) is 3.87. The average molecular weight is 760 g/mol. The van der Waals surface area contributed by atoms with Crippen molar-refractivity contribution in [2.45, 2.75) is 6.17 Å². The van der Waals surface area contributed by atoms with Gasteiger partial charge >= 0.3 is 0 Å². The zero-order valence-electron chi connectivity index (χ0n) is 31.2. The van der Waals surface area contributed by atoms with Crippen LogP contribution in [0.1, 0.15) is 22.9 Å². The first-order chi connectivity index (χ1) is 28.7. The van der Waals surface area contributed by atoms with Crippen molar-refractivity contribution < 1.29 is 4.42 Å². The van der Waals surface area contributed by atoms with E-state index in [0.29, 0.717) is 5.84 Å². The van der Waals surface area contributed by atoms with Crippen molar-refractivity contribution in [3.05, 3.63) is 205 Å². The summed E-state index contributed by atoms with van der Waals surface area (Å²) in [6, 6.07) is 66.8. The number of hydrogen-bond acceptors (Lipinski definition) is 5. The van der Waals surface area contributed by atoms with E-state index in [4.69, 9.17) is 14.4 Å². The number of benzene rings is 9. The lowest BCUT2D eigenvalue weighted by molar-refractivity contribution is 0.663. The van der Waals surface area contributed by atoms with Crippen LogP contribution in [0.2, 0.25) is 0 Å². The molecule has 1 N–H and O–H groups in total. The van der Waals surface area contributed by atoms with E-state index < -0.39 is 6.17 Å². The molecular weight excluding hydrogens is 727 g/mol. The molecule has 3 heterocycles. The molecule has 11 aromatic rings. The summed E-state index contributed by atoms with van der Waals surface area (Å²) in [4.78, 5) is 11.0. The first-order valence-corrected chi connectivity index (χ1v) is 20.4. The number of fused-ring (bicyclic) bond motifs is 9. The van der Waals surface area contributed by atoms with E-state index >= 15 is 0 Å². The first kappa shape index (κ1) is 32.9. The molecule has 12 rings (SSSR count). The second kappa shape index (κ2) is 13.1. The molecule has 0 bridgehead atoms. The summed E-state index contributed by atoms with van der Waals surface area (Å²) in [5.41, 5.74) is 9.29. The molecule has 0 radical (unpaired) electrons. The Hall–Kier alpha value is -7.34. The van der Waals surface area contributed by atoms with Gasteiger partial charge in [-0.2, -0.15) is 0 Å². The normalized spacial score (nSPS) is 14.4. The van der Waals surface area contributed by atoms with Gasteiger partial charge in [0.05, 0.1) is 0 Å². The molecule has 9 aromatic carbocycles. The van der Waals surface area contributed by atoms with Crippen LogP contribution in [-0.4, -0.2) is 11.7 Å². The standard InChI is InChI=1S/C53H33N3OS/c1-2-11-32(12-3-1)33-21-23-35(24-22-33)40-29-30-45-49(41-15-6-8-18-44(41)57-45)50(40)53-55-51(37-27-28-39-36(31-37)26-25-34-13-4-5-14-38(34)39)54-52(56-53)43-17-10-20-47-48(43)42-16-7-9-19-46(42)58-47/h1-31,53H,(H,54,55,56). The summed E-state index contributed by atoms with van der Waals surface area (Å²) in [6.07, 6.45) is -0.497. The van der Waals surface area contributed by atoms with Crippen LogP contribution in [0.15, 0.2) is 202 Å². The van der Waals surface area contributed by atoms with E-state index in [1.165, 1.54) is 47.5 Å². The third kappa shape index (κ3) is 5.28. The molecule has 0 amide bonds. The van der Waals surface area contributed by atoms with Gasteiger partial charge in [-0.1, -0.05) is 158 Å². The molecular formula is C53H33N3OS. The highest BCUT2D eigenvalue weighted by molar-refractivity contribution is 7.25. The number of furan rings is 1. The van der Waals surface area contributed by atoms with Crippen molar-refractivity contribution in [2.24, 2.45) is 9.98 Å². The second-order valence-corrected chi connectivity index (χ2v) is 16.0. The number of amidine groups is 2. The zero-order chi connectivity index (χ0) is 38.2. The lowest BCUT2D eigenvalue weighted by Gasteiger charge is -2.26. The van der Waals surface area contributed by atoms with Crippen LogP contribution in [0.4, 0.5) is 0 Å². The van der Waals surface area contributed by atoms with Gasteiger partial charge < -0.3 is 9.73 Å². The van der Waals surface area contributed by atoms with Crippen molar-refractivity contribution in [2.75, 3.05) is 0 Å². The summed E-state index contributed by atoms with van der Waals surface area (Å²) in [7, 11) is 0. The minimum Gasteiger partial charge on any atom is -0.456 e. The van der Waals surface area contributed by atoms with E-state index in [0.717, 1.165) is 61.0 Å². The van der Waals surface area contributed by atoms with Crippen LogP contribution in [0, 0.1) is 0 Å². The summed E-state index contributed by atoms with van der Waals surface area (Å²) >= 11 is 1.81. The Kier molecular flexibility index (Phi) is 7.43. The molecule has 1 unspecified atom stereocenters. The number of para-hydroxylation sites is 1. The SMILES string of the molecule is c1ccc(-c2ccc(-c3ccc4oc5ccccc5c4c3C3N=C(c4ccc5c(ccc6ccccc65)c4)N=C(c4cccc5sc6ccccc6c45)N3)cc2)cc1. The third-order valence-electron chi connectivity index (χ3n) is 11.6. The van der Waals surface area contributed by atoms with Crippen molar-refractivity contribution in [3.63, 3.8) is 0 Å². The minimum atomic E-state index is -0.497. The van der Waals surface area contributed by atoms with Crippen LogP contribution in [0.25, 0.3) is 85.9 Å². The van der Waals surface area contributed by atoms with Crippen molar-refractivity contribution >= 4 is 86.7 Å². The maximum atomic E-state index is 6.55. The zero-order valence-corrected chi connectivity index (χ0v) is 32.0. The van der Waals surface area contributed by atoms with Crippen LogP contribution < -0.4 is 5.32 Å². The van der Waals surface area contributed by atoms with Gasteiger partial charge in [0.25, 0.3) is 0 Å². The smallest absolute Gasteiger partial charge is 0.159 e. The molecule has 58 heavy (non-hydrogen) atoms. The topological polar surface area (TPSA) is 49.9 Å². The lowest BCUT2D eigenvalue weighted by Crippen LogP contribution is -2.34. The molecule has 0 aliphatic carbocycles. The van der Waals surface area contributed by atoms with Crippen LogP contribution in [-0.2, 0) is 0 Å². The molecule has 4 nitrogen and oxygen atoms in total. The van der Waals surface area contributed by atoms with Gasteiger partial charge in [0, 0.05) is 47.6 Å². The fourth-order valence-electron chi connectivity index (χ4n) is 8.84. The summed E-state index contributed by atoms with van der Waals surface area (Å²) < 4.78 is 9.03. The summed E-state index contributed by atoms with van der Waals surface area (Å²) in [5, 5.41) is 13.3. The Bertz CT molecular complexity index is 3490. The summed E-state index contributed by atoms with van der Waals surface area (Å²) in [5.74, 6) is 1.47. The third-order valence-corrected chi connectivity index (χ3v) is 12.7. The Morgan fingerprint density at radius 2 is 1.14 bits per heavy atom. The van der Waals surface area contributed by atoms with E-state index in [1.807, 2.05) is 23.5 Å². The molecule has 272 valence electrons. The van der Waals surface area contributed by atoms with Crippen molar-refractivity contribution in [1.82, 2.24) is 5.32 Å². The number of aliphatic imine (C=N–C) groups is 2. The minimum absolute atomic E-state index is 0.497. The van der Waals surface area contributed by atoms with Gasteiger partial charge in [0.15, 0.2) is 5.84 Å². The maximum absolute atomic E-state index is 6.55. The predicted molar refractivity (Wildman–Crippen MR) is 244 cm³/mol. The Balaban J connectivity index is 1.10. The number of hydrogen-bond donors (Lipinski definition) is 1. The van der Waals surface area contributed by atoms with E-state index in [-0.39, 0.29) is 0 Å². The van der Waals surface area contributed by atoms with Crippen molar-refractivity contribution in [1.29, 1.82) is 0 Å². The van der Waals surface area contributed by atoms with Crippen LogP contribution in [0.5, 0.6) is 0 Å². The lowest BCUT2D eigenvalue weighted by atomic mass is 9.91. The van der Waals surface area contributed by atoms with Gasteiger partial charge in [-0.15, -0.1) is 11.3 Å². The molecule has 1 atom stereocenters. The van der Waals surface area contributed by atoms with Gasteiger partial charge in [0.1, 0.15) is 23.2 Å². The highest BCUT2D eigenvalue weighted by Gasteiger charge is 2.29. The van der Waals surface area contributed by atoms with E-state index in [2.05, 4.69) is 181 Å². The maximum Gasteiger partial charge on any atom is 0.159 e. The second-order valence-electron chi connectivity index (χ2n) is 14.9. The van der Waals surface area contributed by atoms with Crippen LogP contribution >= 0.6 is 11.3 Å². The molecule has 0 spiro atoms. The van der Waals surface area contributed by atoms with Gasteiger partial charge in [-0.3, -0.25) is 0 Å². The largest absolute Gasteiger partial charge is 0.456 e. The highest BCUT2D eigenvalue weighted by Crippen LogP contribution is 2.43. The Morgan fingerprint density at radius 3 is 2.03 bits per heavy atom. The molecule has 1 aliphatic rings. The van der Waals surface area contributed by atoms with Crippen molar-refractivity contribution in [3.8, 4) is 22.3 Å². The monoisotopic (exact) mass is 759 g/mol. The molecule has 0 saturated carbocycles. The summed E-state index contributed by atoms with van der Waals surface area (Å²) in [6.45, 7) is 0. The van der Waals surface area contributed by atoms with Gasteiger partial charge in [-0.05, 0) is 74.1 Å². The number of thiophene rings is 1. The number of rotatable bonds is 5. The quantitative estimate of drug-likeness (QED) is 0.178. The number of nitrogens with zero attached hydrogens (tertiary/aromatic N) is 2. The number of nitrogens with one attached hydrogen (secondary N) is 1. The fraction of sp³-hybridized carbons (Fsp3) is 0.0189. The molecule has 0 fully saturated rings. The predicted octanol–water partition coefficient (Wildman–Crippen LogP) is 14.1. The molecule has 1 aliphatic heterocycles. The Morgan fingerprint density at radius 1 is 0.448 bits per heavy atom. The van der Waals surface area contributed by atoms with E-state index in [9.17, 15) is 0 Å². The molecule has 5 heteroatoms. The highest BCUT2D eigenvalue weighted by atomic mass is 32.1. The first-order valence-electron chi connectivity index (χ1n) is 19.6.